The molecule has 12 aromatic rings. The van der Waals surface area contributed by atoms with Crippen LogP contribution >= 0.6 is 0 Å². The van der Waals surface area contributed by atoms with Gasteiger partial charge in [-0.25, -0.2) is 0 Å². The summed E-state index contributed by atoms with van der Waals surface area (Å²) in [6, 6.07) is 88.2. The Morgan fingerprint density at radius 3 is 0.972 bits per heavy atom. The third kappa shape index (κ3) is 8.33. The van der Waals surface area contributed by atoms with Crippen LogP contribution in [-0.2, 0) is 13.1 Å². The molecule has 0 aliphatic heterocycles. The van der Waals surface area contributed by atoms with E-state index in [4.69, 9.17) is 0 Å². The van der Waals surface area contributed by atoms with Gasteiger partial charge in [0.1, 0.15) is 11.5 Å². The first kappa shape index (κ1) is 44.4. The third-order valence-corrected chi connectivity index (χ3v) is 14.4. The standard InChI is InChI=1S/C68H52N2O2/c71-67-53(41-51-31-15-19-35-57(51)63(67)61-55-33-17-13-25-47(55)37-39-59(61)45-21-5-1-6-22-45)43-69-65(49-27-9-3-10-28-49)66(50-29-11-4-12-30-50)70-44-54-42-52-32-16-20-36-58(52)64(68(54)72)62-56-34-18-14-26-48(56)38-40-60(62)46-23-7-2-8-24-46/h1-42,65-66,69-72H,43-44H2/t65-,66-/m0/s1. The average Bonchev–Trinajstić information content (AvgIpc) is 3.44. The summed E-state index contributed by atoms with van der Waals surface area (Å²) in [7, 11) is 0. The molecule has 0 aliphatic rings. The molecule has 0 heterocycles. The number of aromatic hydroxyl groups is 2. The van der Waals surface area contributed by atoms with E-state index in [1.165, 1.54) is 0 Å². The van der Waals surface area contributed by atoms with Gasteiger partial charge in [0.2, 0.25) is 0 Å². The molecule has 12 aromatic carbocycles. The summed E-state index contributed by atoms with van der Waals surface area (Å²) < 4.78 is 0. The van der Waals surface area contributed by atoms with Gasteiger partial charge in [0, 0.05) is 46.5 Å². The average molecular weight is 929 g/mol. The van der Waals surface area contributed by atoms with Gasteiger partial charge >= 0.3 is 0 Å². The molecule has 0 bridgehead atoms. The van der Waals surface area contributed by atoms with E-state index in [-0.39, 0.29) is 23.6 Å². The predicted octanol–water partition coefficient (Wildman–Crippen LogP) is 16.7. The minimum atomic E-state index is -0.273. The van der Waals surface area contributed by atoms with E-state index in [0.717, 1.165) is 110 Å². The van der Waals surface area contributed by atoms with Crippen LogP contribution in [0.5, 0.6) is 11.5 Å². The molecule has 4 N–H and O–H groups in total. The normalized spacial score (nSPS) is 12.4. The maximum absolute atomic E-state index is 12.9. The largest absolute Gasteiger partial charge is 0.507 e. The summed E-state index contributed by atoms with van der Waals surface area (Å²) in [5.41, 5.74) is 11.7. The van der Waals surface area contributed by atoms with Gasteiger partial charge < -0.3 is 20.8 Å². The van der Waals surface area contributed by atoms with E-state index in [9.17, 15) is 10.2 Å². The molecule has 12 rings (SSSR count). The summed E-state index contributed by atoms with van der Waals surface area (Å²) in [6.07, 6.45) is 0. The first-order valence-electron chi connectivity index (χ1n) is 24.8. The molecular formula is C68H52N2O2. The summed E-state index contributed by atoms with van der Waals surface area (Å²) >= 11 is 0. The molecule has 2 atom stereocenters. The number of phenolic OH excluding ortho intramolecular Hbond substituents is 2. The lowest BCUT2D eigenvalue weighted by molar-refractivity contribution is 0.373. The maximum Gasteiger partial charge on any atom is 0.128 e. The fraction of sp³-hybridized carbons (Fsp3) is 0.0588. The minimum absolute atomic E-state index is 0.252. The second-order valence-corrected chi connectivity index (χ2v) is 18.6. The van der Waals surface area contributed by atoms with Crippen LogP contribution < -0.4 is 10.6 Å². The Labute approximate surface area is 420 Å². The first-order valence-corrected chi connectivity index (χ1v) is 24.8. The van der Waals surface area contributed by atoms with Crippen molar-refractivity contribution >= 4 is 43.1 Å². The van der Waals surface area contributed by atoms with Crippen molar-refractivity contribution in [1.82, 2.24) is 10.6 Å². The van der Waals surface area contributed by atoms with E-state index in [0.29, 0.717) is 13.1 Å². The van der Waals surface area contributed by atoms with Crippen LogP contribution in [-0.4, -0.2) is 10.2 Å². The summed E-state index contributed by atoms with van der Waals surface area (Å²) in [6.45, 7) is 0.739. The highest BCUT2D eigenvalue weighted by Crippen LogP contribution is 2.49. The second kappa shape index (κ2) is 19.5. The first-order chi connectivity index (χ1) is 35.6. The van der Waals surface area contributed by atoms with Crippen molar-refractivity contribution in [3.63, 3.8) is 0 Å². The lowest BCUT2D eigenvalue weighted by atomic mass is 9.85. The highest BCUT2D eigenvalue weighted by Gasteiger charge is 2.28. The van der Waals surface area contributed by atoms with Gasteiger partial charge in [-0.05, 0) is 88.6 Å². The Kier molecular flexibility index (Phi) is 12.1. The maximum atomic E-state index is 12.9. The van der Waals surface area contributed by atoms with Crippen molar-refractivity contribution < 1.29 is 10.2 Å². The number of nitrogens with one attached hydrogen (secondary N) is 2. The van der Waals surface area contributed by atoms with Gasteiger partial charge in [0.25, 0.3) is 0 Å². The molecule has 0 radical (unpaired) electrons. The molecule has 72 heavy (non-hydrogen) atoms. The summed E-state index contributed by atoms with van der Waals surface area (Å²) in [5, 5.41) is 42.2. The molecule has 0 unspecified atom stereocenters. The van der Waals surface area contributed by atoms with E-state index >= 15 is 0 Å². The van der Waals surface area contributed by atoms with Crippen molar-refractivity contribution in [2.24, 2.45) is 0 Å². The Bertz CT molecular complexity index is 3640. The third-order valence-electron chi connectivity index (χ3n) is 14.4. The summed E-state index contributed by atoms with van der Waals surface area (Å²) in [5.74, 6) is 0.505. The molecule has 4 heteroatoms. The smallest absolute Gasteiger partial charge is 0.128 e. The lowest BCUT2D eigenvalue weighted by Gasteiger charge is -2.31. The molecule has 4 nitrogen and oxygen atoms in total. The quantitative estimate of drug-likeness (QED) is 0.0930. The van der Waals surface area contributed by atoms with Crippen LogP contribution in [0.25, 0.3) is 87.6 Å². The monoisotopic (exact) mass is 928 g/mol. The Morgan fingerprint density at radius 1 is 0.292 bits per heavy atom. The Hall–Kier alpha value is -8.80. The molecule has 0 saturated heterocycles. The number of hydrogen-bond donors (Lipinski definition) is 4. The molecule has 0 aliphatic carbocycles. The topological polar surface area (TPSA) is 64.5 Å². The van der Waals surface area contributed by atoms with Gasteiger partial charge in [-0.15, -0.1) is 0 Å². The van der Waals surface area contributed by atoms with Crippen molar-refractivity contribution in [3.8, 4) is 56.0 Å². The fourth-order valence-electron chi connectivity index (χ4n) is 11.0. The molecule has 0 aromatic heterocycles. The van der Waals surface area contributed by atoms with Crippen LogP contribution in [0.1, 0.15) is 34.3 Å². The Balaban J connectivity index is 0.973. The highest BCUT2D eigenvalue weighted by atomic mass is 16.3. The van der Waals surface area contributed by atoms with E-state index < -0.39 is 0 Å². The molecular weight excluding hydrogens is 877 g/mol. The van der Waals surface area contributed by atoms with Gasteiger partial charge in [-0.1, -0.05) is 243 Å². The number of hydrogen-bond acceptors (Lipinski definition) is 4. The van der Waals surface area contributed by atoms with Crippen LogP contribution in [0.15, 0.2) is 255 Å². The van der Waals surface area contributed by atoms with Crippen molar-refractivity contribution in [2.45, 2.75) is 25.2 Å². The van der Waals surface area contributed by atoms with Gasteiger partial charge in [-0.2, -0.15) is 0 Å². The van der Waals surface area contributed by atoms with Crippen molar-refractivity contribution in [1.29, 1.82) is 0 Å². The van der Waals surface area contributed by atoms with Crippen LogP contribution in [0, 0.1) is 0 Å². The fourth-order valence-corrected chi connectivity index (χ4v) is 11.0. The van der Waals surface area contributed by atoms with Crippen LogP contribution in [0.2, 0.25) is 0 Å². The van der Waals surface area contributed by atoms with Gasteiger partial charge in [0.05, 0.1) is 12.1 Å². The van der Waals surface area contributed by atoms with Gasteiger partial charge in [-0.3, -0.25) is 0 Å². The van der Waals surface area contributed by atoms with E-state index in [1.807, 2.05) is 24.3 Å². The number of rotatable bonds is 13. The zero-order valence-electron chi connectivity index (χ0n) is 39.7. The molecule has 0 fully saturated rings. The molecule has 346 valence electrons. The van der Waals surface area contributed by atoms with E-state index in [2.05, 4.69) is 241 Å². The van der Waals surface area contributed by atoms with Crippen molar-refractivity contribution in [3.05, 3.63) is 277 Å². The zero-order chi connectivity index (χ0) is 48.4. The molecule has 0 saturated carbocycles. The SMILES string of the molecule is Oc1c(CN[C@@H](c2ccccc2)[C@@H](NCc2cc3ccccc3c(-c3c(-c4ccccc4)ccc4ccccc34)c2O)c2ccccc2)cc2ccccc2c1-c1c(-c2ccccc2)ccc2ccccc12. The van der Waals surface area contributed by atoms with Crippen LogP contribution in [0.4, 0.5) is 0 Å². The second-order valence-electron chi connectivity index (χ2n) is 18.6. The van der Waals surface area contributed by atoms with E-state index in [1.54, 1.807) is 0 Å². The number of benzene rings is 12. The molecule has 0 amide bonds. The predicted molar refractivity (Wildman–Crippen MR) is 300 cm³/mol. The Morgan fingerprint density at radius 2 is 0.597 bits per heavy atom. The minimum Gasteiger partial charge on any atom is -0.507 e. The molecule has 0 spiro atoms. The van der Waals surface area contributed by atoms with Crippen LogP contribution in [0.3, 0.4) is 0 Å². The summed E-state index contributed by atoms with van der Waals surface area (Å²) in [4.78, 5) is 0. The zero-order valence-corrected chi connectivity index (χ0v) is 39.7. The number of fused-ring (bicyclic) bond motifs is 4. The number of phenols is 2. The lowest BCUT2D eigenvalue weighted by Crippen LogP contribution is -2.35. The van der Waals surface area contributed by atoms with Gasteiger partial charge in [0.15, 0.2) is 0 Å². The highest BCUT2D eigenvalue weighted by molar-refractivity contribution is 6.14. The van der Waals surface area contributed by atoms with Crippen molar-refractivity contribution in [2.75, 3.05) is 0 Å².